The van der Waals surface area contributed by atoms with Crippen LogP contribution in [0, 0.1) is 14.7 Å². The van der Waals surface area contributed by atoms with Crippen molar-refractivity contribution in [3.63, 3.8) is 0 Å². The smallest absolute Gasteiger partial charge is 0.223 e. The Kier molecular flexibility index (Phi) is 4.81. The van der Waals surface area contributed by atoms with E-state index in [2.05, 4.69) is 45.4 Å². The average Bonchev–Trinajstić information content (AvgIpc) is 2.61. The standard InChI is InChI=1S/C12H17IN2OS/c1-8(9-6-14-7-9)12(16)15-5-4-10-2-3-11(13)17-10/h2-3,8-9,14H,4-7H2,1H3,(H,15,16). The van der Waals surface area contributed by atoms with Crippen molar-refractivity contribution >= 4 is 39.8 Å². The fourth-order valence-electron chi connectivity index (χ4n) is 1.83. The molecule has 2 N–H and O–H groups in total. The summed E-state index contributed by atoms with van der Waals surface area (Å²) in [5.74, 6) is 0.861. The van der Waals surface area contributed by atoms with Crippen molar-refractivity contribution in [2.24, 2.45) is 11.8 Å². The highest BCUT2D eigenvalue weighted by molar-refractivity contribution is 14.1. The molecule has 1 unspecified atom stereocenters. The number of hydrogen-bond acceptors (Lipinski definition) is 3. The summed E-state index contributed by atoms with van der Waals surface area (Å²) in [7, 11) is 0. The molecular formula is C12H17IN2OS. The second kappa shape index (κ2) is 6.15. The maximum atomic E-state index is 11.8. The van der Waals surface area contributed by atoms with Crippen LogP contribution in [-0.2, 0) is 11.2 Å². The number of carbonyl (C=O) groups excluding carboxylic acids is 1. The Morgan fingerprint density at radius 3 is 2.94 bits per heavy atom. The number of hydrogen-bond donors (Lipinski definition) is 2. The van der Waals surface area contributed by atoms with Crippen LogP contribution >= 0.6 is 33.9 Å². The fourth-order valence-corrected chi connectivity index (χ4v) is 3.59. The molecule has 0 aliphatic carbocycles. The second-order valence-corrected chi connectivity index (χ2v) is 7.52. The lowest BCUT2D eigenvalue weighted by Gasteiger charge is -2.31. The number of nitrogens with one attached hydrogen (secondary N) is 2. The van der Waals surface area contributed by atoms with Crippen LogP contribution in [0.2, 0.25) is 0 Å². The minimum absolute atomic E-state index is 0.139. The van der Waals surface area contributed by atoms with Gasteiger partial charge in [-0.05, 0) is 60.2 Å². The van der Waals surface area contributed by atoms with Gasteiger partial charge in [0.1, 0.15) is 0 Å². The third kappa shape index (κ3) is 3.66. The Hall–Kier alpha value is -0.140. The van der Waals surface area contributed by atoms with Gasteiger partial charge in [0.25, 0.3) is 0 Å². The van der Waals surface area contributed by atoms with Gasteiger partial charge in [0.2, 0.25) is 5.91 Å². The third-order valence-corrected chi connectivity index (χ3v) is 5.19. The summed E-state index contributed by atoms with van der Waals surface area (Å²) in [4.78, 5) is 13.2. The Bertz CT molecular complexity index is 390. The van der Waals surface area contributed by atoms with Gasteiger partial charge < -0.3 is 10.6 Å². The maximum Gasteiger partial charge on any atom is 0.223 e. The number of carbonyl (C=O) groups is 1. The minimum atomic E-state index is 0.139. The third-order valence-electron chi connectivity index (χ3n) is 3.23. The van der Waals surface area contributed by atoms with E-state index in [0.717, 1.165) is 26.1 Å². The molecule has 2 heterocycles. The summed E-state index contributed by atoms with van der Waals surface area (Å²) in [6, 6.07) is 4.25. The lowest BCUT2D eigenvalue weighted by Crippen LogP contribution is -2.49. The average molecular weight is 364 g/mol. The zero-order valence-electron chi connectivity index (χ0n) is 9.83. The first kappa shape index (κ1) is 13.3. The van der Waals surface area contributed by atoms with Gasteiger partial charge in [0, 0.05) is 17.3 Å². The molecular weight excluding hydrogens is 347 g/mol. The van der Waals surface area contributed by atoms with Crippen LogP contribution in [0.3, 0.4) is 0 Å². The van der Waals surface area contributed by atoms with Crippen LogP contribution in [0.1, 0.15) is 11.8 Å². The molecule has 1 fully saturated rings. The highest BCUT2D eigenvalue weighted by atomic mass is 127. The van der Waals surface area contributed by atoms with E-state index in [1.807, 2.05) is 6.92 Å². The van der Waals surface area contributed by atoms with Gasteiger partial charge in [-0.15, -0.1) is 11.3 Å². The number of amides is 1. The normalized spacial score (nSPS) is 17.5. The Morgan fingerprint density at radius 2 is 2.41 bits per heavy atom. The van der Waals surface area contributed by atoms with Crippen molar-refractivity contribution in [2.45, 2.75) is 13.3 Å². The van der Waals surface area contributed by atoms with E-state index < -0.39 is 0 Å². The van der Waals surface area contributed by atoms with E-state index in [0.29, 0.717) is 5.92 Å². The topological polar surface area (TPSA) is 41.1 Å². The summed E-state index contributed by atoms with van der Waals surface area (Å²) in [6.45, 7) is 4.74. The van der Waals surface area contributed by atoms with Crippen molar-refractivity contribution < 1.29 is 4.79 Å². The van der Waals surface area contributed by atoms with Crippen LogP contribution in [0.15, 0.2) is 12.1 Å². The van der Waals surface area contributed by atoms with Crippen LogP contribution in [0.4, 0.5) is 0 Å². The van der Waals surface area contributed by atoms with E-state index >= 15 is 0 Å². The van der Waals surface area contributed by atoms with E-state index in [-0.39, 0.29) is 11.8 Å². The molecule has 2 rings (SSSR count). The van der Waals surface area contributed by atoms with Crippen LogP contribution in [0.25, 0.3) is 0 Å². The molecule has 0 aromatic carbocycles. The van der Waals surface area contributed by atoms with Crippen molar-refractivity contribution in [1.29, 1.82) is 0 Å². The summed E-state index contributed by atoms with van der Waals surface area (Å²) in [5, 5.41) is 6.23. The monoisotopic (exact) mass is 364 g/mol. The number of halogens is 1. The highest BCUT2D eigenvalue weighted by Crippen LogP contribution is 2.18. The number of rotatable bonds is 5. The fraction of sp³-hybridized carbons (Fsp3) is 0.583. The summed E-state index contributed by atoms with van der Waals surface area (Å²) >= 11 is 4.12. The van der Waals surface area contributed by atoms with Crippen molar-refractivity contribution in [3.8, 4) is 0 Å². The molecule has 17 heavy (non-hydrogen) atoms. The number of thiophene rings is 1. The zero-order valence-corrected chi connectivity index (χ0v) is 12.8. The maximum absolute atomic E-state index is 11.8. The first-order valence-electron chi connectivity index (χ1n) is 5.89. The molecule has 0 bridgehead atoms. The predicted molar refractivity (Wildman–Crippen MR) is 79.3 cm³/mol. The van der Waals surface area contributed by atoms with Crippen LogP contribution in [-0.4, -0.2) is 25.5 Å². The van der Waals surface area contributed by atoms with Gasteiger partial charge in [-0.1, -0.05) is 6.92 Å². The van der Waals surface area contributed by atoms with Gasteiger partial charge in [-0.25, -0.2) is 0 Å². The predicted octanol–water partition coefficient (Wildman–Crippen LogP) is 1.87. The first-order valence-corrected chi connectivity index (χ1v) is 7.79. The molecule has 1 amide bonds. The van der Waals surface area contributed by atoms with E-state index in [9.17, 15) is 4.79 Å². The summed E-state index contributed by atoms with van der Waals surface area (Å²) < 4.78 is 1.30. The second-order valence-electron chi connectivity index (χ2n) is 4.45. The molecule has 1 aliphatic rings. The molecule has 1 aromatic rings. The van der Waals surface area contributed by atoms with Crippen LogP contribution in [0.5, 0.6) is 0 Å². The first-order chi connectivity index (χ1) is 8.16. The van der Waals surface area contributed by atoms with Gasteiger partial charge in [0.15, 0.2) is 0 Å². The van der Waals surface area contributed by atoms with Crippen LogP contribution < -0.4 is 10.6 Å². The van der Waals surface area contributed by atoms with Gasteiger partial charge in [-0.2, -0.15) is 0 Å². The summed E-state index contributed by atoms with van der Waals surface area (Å²) in [6.07, 6.45) is 0.940. The molecule has 5 heteroatoms. The highest BCUT2D eigenvalue weighted by Gasteiger charge is 2.28. The van der Waals surface area contributed by atoms with Gasteiger partial charge in [-0.3, -0.25) is 4.79 Å². The van der Waals surface area contributed by atoms with Gasteiger partial charge in [0.05, 0.1) is 2.88 Å². The Morgan fingerprint density at radius 1 is 1.65 bits per heavy atom. The lowest BCUT2D eigenvalue weighted by molar-refractivity contribution is -0.126. The van der Waals surface area contributed by atoms with E-state index in [1.54, 1.807) is 11.3 Å². The molecule has 3 nitrogen and oxygen atoms in total. The molecule has 94 valence electrons. The zero-order chi connectivity index (χ0) is 12.3. The molecule has 0 saturated carbocycles. The quantitative estimate of drug-likeness (QED) is 0.784. The van der Waals surface area contributed by atoms with Crippen molar-refractivity contribution in [3.05, 3.63) is 19.9 Å². The van der Waals surface area contributed by atoms with Crippen molar-refractivity contribution in [2.75, 3.05) is 19.6 Å². The molecule has 1 saturated heterocycles. The van der Waals surface area contributed by atoms with E-state index in [1.165, 1.54) is 7.76 Å². The molecule has 1 atom stereocenters. The lowest BCUT2D eigenvalue weighted by atomic mass is 9.88. The molecule has 0 radical (unpaired) electrons. The van der Waals surface area contributed by atoms with Gasteiger partial charge >= 0.3 is 0 Å². The summed E-state index contributed by atoms with van der Waals surface area (Å²) in [5.41, 5.74) is 0. The Labute approximate surface area is 120 Å². The molecule has 0 spiro atoms. The Balaban J connectivity index is 1.69. The van der Waals surface area contributed by atoms with Crippen molar-refractivity contribution in [1.82, 2.24) is 10.6 Å². The largest absolute Gasteiger partial charge is 0.355 e. The minimum Gasteiger partial charge on any atom is -0.355 e. The SMILES string of the molecule is CC(C(=O)NCCc1ccc(I)s1)C1CNC1. The molecule has 1 aliphatic heterocycles. The van der Waals surface area contributed by atoms with E-state index in [4.69, 9.17) is 0 Å². The molecule has 1 aromatic heterocycles.